The van der Waals surface area contributed by atoms with Gasteiger partial charge in [-0.3, -0.25) is 9.69 Å². The van der Waals surface area contributed by atoms with Crippen LogP contribution in [0.15, 0.2) is 54.6 Å². The molecule has 21 heavy (non-hydrogen) atoms. The van der Waals surface area contributed by atoms with E-state index in [9.17, 15) is 4.79 Å². The van der Waals surface area contributed by atoms with Crippen molar-refractivity contribution >= 4 is 17.6 Å². The predicted molar refractivity (Wildman–Crippen MR) is 84.4 cm³/mol. The van der Waals surface area contributed by atoms with Gasteiger partial charge in [-0.05, 0) is 30.3 Å². The number of halogens is 1. The lowest BCUT2D eigenvalue weighted by atomic mass is 10.0. The maximum Gasteiger partial charge on any atom is 0.305 e. The molecule has 0 saturated heterocycles. The van der Waals surface area contributed by atoms with Crippen LogP contribution in [0.1, 0.15) is 23.6 Å². The maximum atomic E-state index is 11.1. The molecule has 0 aliphatic heterocycles. The van der Waals surface area contributed by atoms with Crippen LogP contribution in [0, 0.1) is 0 Å². The van der Waals surface area contributed by atoms with Crippen molar-refractivity contribution in [3.05, 3.63) is 70.7 Å². The van der Waals surface area contributed by atoms with E-state index < -0.39 is 5.97 Å². The zero-order valence-corrected chi connectivity index (χ0v) is 12.6. The van der Waals surface area contributed by atoms with Crippen LogP contribution >= 0.6 is 11.6 Å². The minimum atomic E-state index is -0.804. The molecule has 0 amide bonds. The van der Waals surface area contributed by atoms with Gasteiger partial charge in [0.05, 0.1) is 6.42 Å². The van der Waals surface area contributed by atoms with Gasteiger partial charge in [0.25, 0.3) is 0 Å². The van der Waals surface area contributed by atoms with Gasteiger partial charge in [-0.25, -0.2) is 0 Å². The summed E-state index contributed by atoms with van der Waals surface area (Å²) in [4.78, 5) is 13.2. The second kappa shape index (κ2) is 7.25. The highest BCUT2D eigenvalue weighted by molar-refractivity contribution is 6.30. The van der Waals surface area contributed by atoms with E-state index in [1.165, 1.54) is 0 Å². The van der Waals surface area contributed by atoms with E-state index in [2.05, 4.69) is 0 Å². The van der Waals surface area contributed by atoms with E-state index in [1.54, 1.807) is 0 Å². The molecular formula is C17H18ClNO2. The number of carbonyl (C=O) groups is 1. The van der Waals surface area contributed by atoms with Gasteiger partial charge in [0.15, 0.2) is 0 Å². The molecule has 2 aromatic carbocycles. The topological polar surface area (TPSA) is 40.5 Å². The summed E-state index contributed by atoms with van der Waals surface area (Å²) >= 11 is 6.00. The van der Waals surface area contributed by atoms with E-state index in [4.69, 9.17) is 16.7 Å². The number of benzene rings is 2. The maximum absolute atomic E-state index is 11.1. The Morgan fingerprint density at radius 1 is 1.19 bits per heavy atom. The monoisotopic (exact) mass is 303 g/mol. The van der Waals surface area contributed by atoms with Crippen molar-refractivity contribution in [3.63, 3.8) is 0 Å². The predicted octanol–water partition coefficient (Wildman–Crippen LogP) is 3.99. The molecule has 0 radical (unpaired) electrons. The molecule has 2 rings (SSSR count). The summed E-state index contributed by atoms with van der Waals surface area (Å²) in [5.74, 6) is -0.804. The molecule has 0 spiro atoms. The van der Waals surface area contributed by atoms with Gasteiger partial charge in [0, 0.05) is 17.6 Å². The molecule has 0 fully saturated rings. The summed E-state index contributed by atoms with van der Waals surface area (Å²) in [5, 5.41) is 9.85. The quantitative estimate of drug-likeness (QED) is 0.877. The average Bonchev–Trinajstić information content (AvgIpc) is 2.45. The normalized spacial score (nSPS) is 12.3. The number of hydrogen-bond donors (Lipinski definition) is 1. The second-order valence-electron chi connectivity index (χ2n) is 5.07. The first-order chi connectivity index (χ1) is 10.1. The highest BCUT2D eigenvalue weighted by Gasteiger charge is 2.20. The van der Waals surface area contributed by atoms with Gasteiger partial charge in [-0.2, -0.15) is 0 Å². The van der Waals surface area contributed by atoms with Gasteiger partial charge in [0.2, 0.25) is 0 Å². The first-order valence-electron chi connectivity index (χ1n) is 6.77. The van der Waals surface area contributed by atoms with Crippen LogP contribution in [0.3, 0.4) is 0 Å². The molecule has 0 saturated carbocycles. The third-order valence-corrected chi connectivity index (χ3v) is 3.64. The van der Waals surface area contributed by atoms with E-state index in [0.717, 1.165) is 11.1 Å². The Kier molecular flexibility index (Phi) is 5.37. The van der Waals surface area contributed by atoms with Gasteiger partial charge in [0.1, 0.15) is 0 Å². The molecule has 0 aliphatic carbocycles. The van der Waals surface area contributed by atoms with Crippen LogP contribution in [0.2, 0.25) is 5.02 Å². The molecular weight excluding hydrogens is 286 g/mol. The number of nitrogens with zero attached hydrogens (tertiary/aromatic N) is 1. The summed E-state index contributed by atoms with van der Waals surface area (Å²) in [6.45, 7) is 0.646. The Bertz CT molecular complexity index is 601. The fourth-order valence-electron chi connectivity index (χ4n) is 2.40. The Hall–Kier alpha value is -1.84. The fraction of sp³-hybridized carbons (Fsp3) is 0.235. The largest absolute Gasteiger partial charge is 0.481 e. The van der Waals surface area contributed by atoms with Crippen LogP contribution in [-0.4, -0.2) is 23.0 Å². The summed E-state index contributed by atoms with van der Waals surface area (Å²) in [7, 11) is 1.93. The van der Waals surface area contributed by atoms with Crippen molar-refractivity contribution in [1.82, 2.24) is 4.90 Å². The van der Waals surface area contributed by atoms with Crippen LogP contribution < -0.4 is 0 Å². The third kappa shape index (κ3) is 4.59. The van der Waals surface area contributed by atoms with Crippen molar-refractivity contribution in [1.29, 1.82) is 0 Å². The van der Waals surface area contributed by atoms with E-state index in [1.807, 2.05) is 66.5 Å². The Morgan fingerprint density at radius 2 is 1.90 bits per heavy atom. The first-order valence-corrected chi connectivity index (χ1v) is 7.15. The Balaban J connectivity index is 2.18. The highest BCUT2D eigenvalue weighted by atomic mass is 35.5. The third-order valence-electron chi connectivity index (χ3n) is 3.41. The lowest BCUT2D eigenvalue weighted by Gasteiger charge is -2.27. The Morgan fingerprint density at radius 3 is 2.52 bits per heavy atom. The molecule has 1 unspecified atom stereocenters. The smallest absolute Gasteiger partial charge is 0.305 e. The number of rotatable bonds is 6. The minimum absolute atomic E-state index is 0.0705. The van der Waals surface area contributed by atoms with E-state index in [-0.39, 0.29) is 12.5 Å². The number of carboxylic acids is 1. The summed E-state index contributed by atoms with van der Waals surface area (Å²) in [6, 6.07) is 17.2. The summed E-state index contributed by atoms with van der Waals surface area (Å²) in [5.41, 5.74) is 2.07. The van der Waals surface area contributed by atoms with Crippen molar-refractivity contribution in [2.24, 2.45) is 0 Å². The van der Waals surface area contributed by atoms with Gasteiger partial charge in [-0.15, -0.1) is 0 Å². The SMILES string of the molecule is CN(Cc1cccc(Cl)c1)C(CC(=O)O)c1ccccc1. The summed E-state index contributed by atoms with van der Waals surface area (Å²) < 4.78 is 0. The summed E-state index contributed by atoms with van der Waals surface area (Å²) in [6.07, 6.45) is 0.0705. The number of aliphatic carboxylic acids is 1. The number of carboxylic acid groups (broad SMARTS) is 1. The van der Waals surface area contributed by atoms with Crippen molar-refractivity contribution in [2.45, 2.75) is 19.0 Å². The van der Waals surface area contributed by atoms with Gasteiger partial charge >= 0.3 is 5.97 Å². The van der Waals surface area contributed by atoms with E-state index in [0.29, 0.717) is 11.6 Å². The second-order valence-corrected chi connectivity index (χ2v) is 5.51. The molecule has 110 valence electrons. The van der Waals surface area contributed by atoms with Crippen LogP contribution in [0.4, 0.5) is 0 Å². The highest BCUT2D eigenvalue weighted by Crippen LogP contribution is 2.25. The van der Waals surface area contributed by atoms with Crippen LogP contribution in [-0.2, 0) is 11.3 Å². The lowest BCUT2D eigenvalue weighted by Crippen LogP contribution is -2.26. The van der Waals surface area contributed by atoms with Crippen LogP contribution in [0.25, 0.3) is 0 Å². The standard InChI is InChI=1S/C17H18ClNO2/c1-19(12-13-6-5-9-15(18)10-13)16(11-17(20)21)14-7-3-2-4-8-14/h2-10,16H,11-12H2,1H3,(H,20,21). The molecule has 4 heteroatoms. The zero-order chi connectivity index (χ0) is 15.2. The molecule has 0 heterocycles. The fourth-order valence-corrected chi connectivity index (χ4v) is 2.62. The molecule has 2 aromatic rings. The molecule has 1 atom stereocenters. The van der Waals surface area contributed by atoms with Crippen molar-refractivity contribution < 1.29 is 9.90 Å². The van der Waals surface area contributed by atoms with Crippen molar-refractivity contribution in [3.8, 4) is 0 Å². The molecule has 0 aromatic heterocycles. The lowest BCUT2D eigenvalue weighted by molar-refractivity contribution is -0.138. The zero-order valence-electron chi connectivity index (χ0n) is 11.9. The van der Waals surface area contributed by atoms with E-state index >= 15 is 0 Å². The molecule has 3 nitrogen and oxygen atoms in total. The average molecular weight is 304 g/mol. The Labute approximate surface area is 129 Å². The molecule has 1 N–H and O–H groups in total. The molecule has 0 bridgehead atoms. The molecule has 0 aliphatic rings. The van der Waals surface area contributed by atoms with Crippen LogP contribution in [0.5, 0.6) is 0 Å². The number of hydrogen-bond acceptors (Lipinski definition) is 2. The van der Waals surface area contributed by atoms with Crippen molar-refractivity contribution in [2.75, 3.05) is 7.05 Å². The van der Waals surface area contributed by atoms with Gasteiger partial charge in [-0.1, -0.05) is 54.1 Å². The van der Waals surface area contributed by atoms with Gasteiger partial charge < -0.3 is 5.11 Å². The first kappa shape index (κ1) is 15.5. The minimum Gasteiger partial charge on any atom is -0.481 e.